The lowest BCUT2D eigenvalue weighted by molar-refractivity contribution is 0.414. The molecule has 0 fully saturated rings. The van der Waals surface area contributed by atoms with Gasteiger partial charge in [0.15, 0.2) is 0 Å². The number of ether oxygens (including phenoxy) is 1. The average Bonchev–Trinajstić information content (AvgIpc) is 3.12. The molecule has 0 aliphatic carbocycles. The molecule has 0 saturated carbocycles. The van der Waals surface area contributed by atoms with E-state index in [0.29, 0.717) is 17.2 Å². The van der Waals surface area contributed by atoms with Gasteiger partial charge in [-0.15, -0.1) is 0 Å². The quantitative estimate of drug-likeness (QED) is 0.536. The maximum absolute atomic E-state index is 12.6. The van der Waals surface area contributed by atoms with E-state index in [0.717, 1.165) is 11.3 Å². The predicted molar refractivity (Wildman–Crippen MR) is 107 cm³/mol. The number of aromatic nitrogens is 3. The van der Waals surface area contributed by atoms with Crippen LogP contribution < -0.4 is 9.46 Å². The van der Waals surface area contributed by atoms with Gasteiger partial charge in [0.2, 0.25) is 5.78 Å². The molecule has 1 N–H and O–H groups in total. The Labute approximate surface area is 166 Å². The number of hydrogen-bond acceptors (Lipinski definition) is 5. The smallest absolute Gasteiger partial charge is 0.261 e. The zero-order valence-electron chi connectivity index (χ0n) is 14.7. The summed E-state index contributed by atoms with van der Waals surface area (Å²) < 4.78 is 34.6. The highest BCUT2D eigenvalue weighted by molar-refractivity contribution is 7.92. The number of imidazole rings is 1. The molecule has 0 bridgehead atoms. The van der Waals surface area contributed by atoms with Crippen LogP contribution in [0.1, 0.15) is 0 Å². The van der Waals surface area contributed by atoms with E-state index >= 15 is 0 Å². The third-order valence-corrected chi connectivity index (χ3v) is 5.78. The highest BCUT2D eigenvalue weighted by atomic mass is 35.5. The molecule has 7 nitrogen and oxygen atoms in total. The standard InChI is InChI=1S/C19H15ClN4O3S/c1-27-18-8-7-15(11-16(18)20)28(25,26)23-14-5-3-13(4-6-14)17-12-24-10-2-9-21-19(24)22-17/h2-12,23H,1H3. The van der Waals surface area contributed by atoms with Crippen LogP contribution in [0.2, 0.25) is 5.02 Å². The molecule has 0 atom stereocenters. The topological polar surface area (TPSA) is 85.6 Å². The van der Waals surface area contributed by atoms with Gasteiger partial charge in [-0.3, -0.25) is 9.12 Å². The lowest BCUT2D eigenvalue weighted by atomic mass is 10.1. The highest BCUT2D eigenvalue weighted by Crippen LogP contribution is 2.28. The van der Waals surface area contributed by atoms with Gasteiger partial charge in [-0.25, -0.2) is 18.4 Å². The molecule has 2 aromatic carbocycles. The number of fused-ring (bicyclic) bond motifs is 1. The molecule has 28 heavy (non-hydrogen) atoms. The van der Waals surface area contributed by atoms with Gasteiger partial charge >= 0.3 is 0 Å². The Bertz CT molecular complexity index is 1220. The summed E-state index contributed by atoms with van der Waals surface area (Å²) in [6.45, 7) is 0. The Hall–Kier alpha value is -3.10. The third kappa shape index (κ3) is 3.51. The fourth-order valence-electron chi connectivity index (χ4n) is 2.71. The molecule has 0 aliphatic heterocycles. The number of benzene rings is 2. The van der Waals surface area contributed by atoms with Crippen LogP contribution in [0.15, 0.2) is 72.0 Å². The molecule has 4 aromatic rings. The highest BCUT2D eigenvalue weighted by Gasteiger charge is 2.16. The summed E-state index contributed by atoms with van der Waals surface area (Å²) in [5, 5.41) is 0.223. The van der Waals surface area contributed by atoms with Crippen molar-refractivity contribution >= 4 is 33.1 Å². The molecular formula is C19H15ClN4O3S. The molecule has 0 spiro atoms. The van der Waals surface area contributed by atoms with E-state index < -0.39 is 10.0 Å². The normalized spacial score (nSPS) is 11.5. The minimum absolute atomic E-state index is 0.0498. The molecule has 0 saturated heterocycles. The van der Waals surface area contributed by atoms with Crippen LogP contribution in [0.5, 0.6) is 5.75 Å². The minimum atomic E-state index is -3.78. The molecule has 4 rings (SSSR count). The maximum atomic E-state index is 12.6. The van der Waals surface area contributed by atoms with E-state index in [2.05, 4.69) is 14.7 Å². The first-order chi connectivity index (χ1) is 13.5. The van der Waals surface area contributed by atoms with Crippen LogP contribution in [0, 0.1) is 0 Å². The number of hydrogen-bond donors (Lipinski definition) is 1. The van der Waals surface area contributed by atoms with Crippen LogP contribution in [-0.4, -0.2) is 29.9 Å². The Morgan fingerprint density at radius 2 is 1.93 bits per heavy atom. The summed E-state index contributed by atoms with van der Waals surface area (Å²) in [5.41, 5.74) is 2.02. The molecule has 9 heteroatoms. The van der Waals surface area contributed by atoms with Gasteiger partial charge < -0.3 is 4.74 Å². The molecule has 0 amide bonds. The second-order valence-corrected chi connectivity index (χ2v) is 8.02. The lowest BCUT2D eigenvalue weighted by Gasteiger charge is -2.10. The van der Waals surface area contributed by atoms with Crippen molar-refractivity contribution in [1.29, 1.82) is 0 Å². The number of anilines is 1. The Kier molecular flexibility index (Phi) is 4.66. The summed E-state index contributed by atoms with van der Waals surface area (Å²) in [6, 6.07) is 13.1. The summed E-state index contributed by atoms with van der Waals surface area (Å²) in [5.74, 6) is 1.01. The van der Waals surface area contributed by atoms with Crippen molar-refractivity contribution in [3.05, 3.63) is 72.1 Å². The van der Waals surface area contributed by atoms with Crippen molar-refractivity contribution in [1.82, 2.24) is 14.4 Å². The molecule has 2 heterocycles. The number of nitrogens with one attached hydrogen (secondary N) is 1. The van der Waals surface area contributed by atoms with E-state index in [1.165, 1.54) is 25.3 Å². The van der Waals surface area contributed by atoms with Crippen LogP contribution >= 0.6 is 11.6 Å². The van der Waals surface area contributed by atoms with Gasteiger partial charge in [-0.1, -0.05) is 23.7 Å². The summed E-state index contributed by atoms with van der Waals surface area (Å²) in [6.07, 6.45) is 5.40. The summed E-state index contributed by atoms with van der Waals surface area (Å²) in [7, 11) is -2.31. The largest absolute Gasteiger partial charge is 0.495 e. The SMILES string of the molecule is COc1ccc(S(=O)(=O)Nc2ccc(-c3cn4cccnc4n3)cc2)cc1Cl. The molecule has 2 aromatic heterocycles. The van der Waals surface area contributed by atoms with Crippen molar-refractivity contribution in [2.45, 2.75) is 4.90 Å². The number of nitrogens with zero attached hydrogens (tertiary/aromatic N) is 3. The first-order valence-corrected chi connectivity index (χ1v) is 10.1. The summed E-state index contributed by atoms with van der Waals surface area (Å²) >= 11 is 6.03. The van der Waals surface area contributed by atoms with Gasteiger partial charge in [0.05, 0.1) is 22.7 Å². The molecule has 142 valence electrons. The molecule has 0 radical (unpaired) electrons. The van der Waals surface area contributed by atoms with Crippen LogP contribution in [0.25, 0.3) is 17.0 Å². The van der Waals surface area contributed by atoms with E-state index in [1.54, 1.807) is 30.5 Å². The van der Waals surface area contributed by atoms with Crippen LogP contribution in [0.3, 0.4) is 0 Å². The zero-order valence-corrected chi connectivity index (χ0v) is 16.3. The van der Waals surface area contributed by atoms with Crippen molar-refractivity contribution in [3.63, 3.8) is 0 Å². The monoisotopic (exact) mass is 414 g/mol. The van der Waals surface area contributed by atoms with Gasteiger partial charge in [-0.2, -0.15) is 0 Å². The van der Waals surface area contributed by atoms with Crippen LogP contribution in [-0.2, 0) is 10.0 Å². The van der Waals surface area contributed by atoms with Gasteiger partial charge in [0.25, 0.3) is 10.0 Å². The number of rotatable bonds is 5. The Morgan fingerprint density at radius 1 is 1.14 bits per heavy atom. The summed E-state index contributed by atoms with van der Waals surface area (Å²) in [4.78, 5) is 8.68. The predicted octanol–water partition coefficient (Wildman–Crippen LogP) is 3.86. The van der Waals surface area contributed by atoms with E-state index in [9.17, 15) is 8.42 Å². The molecule has 0 aliphatic rings. The van der Waals surface area contributed by atoms with E-state index in [4.69, 9.17) is 16.3 Å². The third-order valence-electron chi connectivity index (χ3n) is 4.10. The first kappa shape index (κ1) is 18.3. The van der Waals surface area contributed by atoms with Crippen molar-refractivity contribution in [3.8, 4) is 17.0 Å². The van der Waals surface area contributed by atoms with Gasteiger partial charge in [0.1, 0.15) is 5.75 Å². The zero-order chi connectivity index (χ0) is 19.7. The number of sulfonamides is 1. The van der Waals surface area contributed by atoms with E-state index in [1.807, 2.05) is 22.9 Å². The van der Waals surface area contributed by atoms with Gasteiger partial charge in [0, 0.05) is 29.8 Å². The minimum Gasteiger partial charge on any atom is -0.495 e. The second-order valence-electron chi connectivity index (χ2n) is 5.93. The molecule has 0 unspecified atom stereocenters. The second kappa shape index (κ2) is 7.14. The number of methoxy groups -OCH3 is 1. The van der Waals surface area contributed by atoms with Crippen molar-refractivity contribution < 1.29 is 13.2 Å². The average molecular weight is 415 g/mol. The Morgan fingerprint density at radius 3 is 2.61 bits per heavy atom. The lowest BCUT2D eigenvalue weighted by Crippen LogP contribution is -2.12. The van der Waals surface area contributed by atoms with Gasteiger partial charge in [-0.05, 0) is 36.4 Å². The fourth-order valence-corrected chi connectivity index (χ4v) is 4.11. The van der Waals surface area contributed by atoms with E-state index in [-0.39, 0.29) is 9.92 Å². The van der Waals surface area contributed by atoms with Crippen molar-refractivity contribution in [2.24, 2.45) is 0 Å². The number of halogens is 1. The Balaban J connectivity index is 1.57. The molecular weight excluding hydrogens is 400 g/mol. The van der Waals surface area contributed by atoms with Crippen molar-refractivity contribution in [2.75, 3.05) is 11.8 Å². The first-order valence-electron chi connectivity index (χ1n) is 8.23. The maximum Gasteiger partial charge on any atom is 0.261 e. The fraction of sp³-hybridized carbons (Fsp3) is 0.0526. The van der Waals surface area contributed by atoms with Crippen LogP contribution in [0.4, 0.5) is 5.69 Å².